The van der Waals surface area contributed by atoms with Crippen molar-refractivity contribution >= 4 is 17.5 Å². The number of rotatable bonds is 6. The molecule has 1 aromatic carbocycles. The Hall–Kier alpha value is -1.10. The van der Waals surface area contributed by atoms with Gasteiger partial charge in [-0.05, 0) is 50.1 Å². The first-order valence-corrected chi connectivity index (χ1v) is 7.96. The monoisotopic (exact) mass is 310 g/mol. The Kier molecular flexibility index (Phi) is 6.49. The Labute approximate surface area is 131 Å². The van der Waals surface area contributed by atoms with E-state index in [1.807, 2.05) is 4.90 Å². The van der Waals surface area contributed by atoms with E-state index in [0.29, 0.717) is 10.6 Å². The van der Waals surface area contributed by atoms with Gasteiger partial charge in [0.2, 0.25) is 0 Å². The number of halogens is 1. The third-order valence-corrected chi connectivity index (χ3v) is 4.14. The standard InChI is InChI=1S/C16H23ClN2O2/c17-15-6-4-14(5-7-15)16(21)19-11-9-18(10-12-19)8-2-1-3-13-20/h4-7,20H,1-3,8-13H2. The number of benzene rings is 1. The van der Waals surface area contributed by atoms with E-state index in [9.17, 15) is 4.79 Å². The average molecular weight is 311 g/mol. The van der Waals surface area contributed by atoms with E-state index in [4.69, 9.17) is 16.7 Å². The van der Waals surface area contributed by atoms with E-state index in [1.165, 1.54) is 0 Å². The molecule has 1 aliphatic heterocycles. The number of aliphatic hydroxyl groups excluding tert-OH is 1. The Morgan fingerprint density at radius 3 is 2.33 bits per heavy atom. The zero-order valence-electron chi connectivity index (χ0n) is 12.3. The van der Waals surface area contributed by atoms with E-state index in [-0.39, 0.29) is 12.5 Å². The molecule has 0 aromatic heterocycles. The summed E-state index contributed by atoms with van der Waals surface area (Å²) in [5.74, 6) is 0.0894. The van der Waals surface area contributed by atoms with E-state index in [1.54, 1.807) is 24.3 Å². The van der Waals surface area contributed by atoms with Crippen LogP contribution in [0.1, 0.15) is 29.6 Å². The van der Waals surface area contributed by atoms with Crippen LogP contribution in [-0.4, -0.2) is 60.1 Å². The predicted octanol–water partition coefficient (Wildman–Crippen LogP) is 2.26. The van der Waals surface area contributed by atoms with E-state index in [2.05, 4.69) is 4.90 Å². The van der Waals surface area contributed by atoms with Crippen LogP contribution in [0.5, 0.6) is 0 Å². The normalized spacial score (nSPS) is 16.2. The van der Waals surface area contributed by atoms with Crippen LogP contribution in [0.2, 0.25) is 5.02 Å². The van der Waals surface area contributed by atoms with Gasteiger partial charge >= 0.3 is 0 Å². The molecule has 1 aliphatic rings. The van der Waals surface area contributed by atoms with Crippen molar-refractivity contribution in [1.82, 2.24) is 9.80 Å². The van der Waals surface area contributed by atoms with Crippen LogP contribution in [0.25, 0.3) is 0 Å². The zero-order chi connectivity index (χ0) is 15.1. The lowest BCUT2D eigenvalue weighted by Gasteiger charge is -2.34. The van der Waals surface area contributed by atoms with Gasteiger partial charge in [0.25, 0.3) is 5.91 Å². The topological polar surface area (TPSA) is 43.8 Å². The number of nitrogens with zero attached hydrogens (tertiary/aromatic N) is 2. The number of carbonyl (C=O) groups is 1. The molecule has 1 saturated heterocycles. The maximum Gasteiger partial charge on any atom is 0.253 e. The Bertz CT molecular complexity index is 442. The Morgan fingerprint density at radius 1 is 1.05 bits per heavy atom. The van der Waals surface area contributed by atoms with Gasteiger partial charge in [0.15, 0.2) is 0 Å². The number of hydrogen-bond acceptors (Lipinski definition) is 3. The summed E-state index contributed by atoms with van der Waals surface area (Å²) in [7, 11) is 0. The van der Waals surface area contributed by atoms with Gasteiger partial charge in [-0.1, -0.05) is 11.6 Å². The smallest absolute Gasteiger partial charge is 0.253 e. The summed E-state index contributed by atoms with van der Waals surface area (Å²) in [6.07, 6.45) is 3.07. The number of carbonyl (C=O) groups excluding carboxylic acids is 1. The van der Waals surface area contributed by atoms with Gasteiger partial charge < -0.3 is 10.0 Å². The molecule has 0 spiro atoms. The van der Waals surface area contributed by atoms with Crippen LogP contribution in [0.4, 0.5) is 0 Å². The molecule has 1 heterocycles. The van der Waals surface area contributed by atoms with Gasteiger partial charge in [0.1, 0.15) is 0 Å². The highest BCUT2D eigenvalue weighted by Gasteiger charge is 2.21. The lowest BCUT2D eigenvalue weighted by Crippen LogP contribution is -2.48. The zero-order valence-corrected chi connectivity index (χ0v) is 13.1. The summed E-state index contributed by atoms with van der Waals surface area (Å²) in [5.41, 5.74) is 0.704. The van der Waals surface area contributed by atoms with Gasteiger partial charge in [0, 0.05) is 43.4 Å². The molecule has 0 aliphatic carbocycles. The molecule has 1 N–H and O–H groups in total. The summed E-state index contributed by atoms with van der Waals surface area (Å²) in [6.45, 7) is 4.76. The Morgan fingerprint density at radius 2 is 1.71 bits per heavy atom. The highest BCUT2D eigenvalue weighted by molar-refractivity contribution is 6.30. The summed E-state index contributed by atoms with van der Waals surface area (Å²) in [4.78, 5) is 16.7. The number of unbranched alkanes of at least 4 members (excludes halogenated alkanes) is 2. The molecule has 116 valence electrons. The second-order valence-corrected chi connectivity index (χ2v) is 5.86. The van der Waals surface area contributed by atoms with Gasteiger partial charge in [-0.3, -0.25) is 9.69 Å². The first-order valence-electron chi connectivity index (χ1n) is 7.59. The molecule has 2 rings (SSSR count). The van der Waals surface area contributed by atoms with Crippen LogP contribution in [0.15, 0.2) is 24.3 Å². The molecule has 0 radical (unpaired) electrons. The maximum absolute atomic E-state index is 12.4. The third kappa shape index (κ3) is 4.99. The van der Waals surface area contributed by atoms with Crippen LogP contribution in [0.3, 0.4) is 0 Å². The summed E-state index contributed by atoms with van der Waals surface area (Å²) < 4.78 is 0. The number of aliphatic hydroxyl groups is 1. The SMILES string of the molecule is O=C(c1ccc(Cl)cc1)N1CCN(CCCCCO)CC1. The van der Waals surface area contributed by atoms with Crippen molar-refractivity contribution in [3.63, 3.8) is 0 Å². The molecule has 0 bridgehead atoms. The van der Waals surface area contributed by atoms with Gasteiger partial charge in [-0.2, -0.15) is 0 Å². The van der Waals surface area contributed by atoms with Gasteiger partial charge in [-0.25, -0.2) is 0 Å². The lowest BCUT2D eigenvalue weighted by atomic mass is 10.1. The largest absolute Gasteiger partial charge is 0.396 e. The molecular weight excluding hydrogens is 288 g/mol. The minimum absolute atomic E-state index is 0.0894. The highest BCUT2D eigenvalue weighted by atomic mass is 35.5. The fourth-order valence-electron chi connectivity index (χ4n) is 2.57. The van der Waals surface area contributed by atoms with Crippen LogP contribution in [0, 0.1) is 0 Å². The summed E-state index contributed by atoms with van der Waals surface area (Å²) in [5, 5.41) is 9.41. The molecule has 4 nitrogen and oxygen atoms in total. The van der Waals surface area contributed by atoms with E-state index >= 15 is 0 Å². The molecular formula is C16H23ClN2O2. The van der Waals surface area contributed by atoms with Crippen molar-refractivity contribution in [3.05, 3.63) is 34.9 Å². The second kappa shape index (κ2) is 8.37. The minimum Gasteiger partial charge on any atom is -0.396 e. The number of amides is 1. The van der Waals surface area contributed by atoms with Crippen LogP contribution in [-0.2, 0) is 0 Å². The fraction of sp³-hybridized carbons (Fsp3) is 0.562. The quantitative estimate of drug-likeness (QED) is 0.820. The van der Waals surface area contributed by atoms with E-state index in [0.717, 1.165) is 52.0 Å². The van der Waals surface area contributed by atoms with Crippen molar-refractivity contribution in [2.75, 3.05) is 39.3 Å². The van der Waals surface area contributed by atoms with Crippen LogP contribution >= 0.6 is 11.6 Å². The third-order valence-electron chi connectivity index (χ3n) is 3.88. The van der Waals surface area contributed by atoms with Crippen molar-refractivity contribution in [1.29, 1.82) is 0 Å². The fourth-order valence-corrected chi connectivity index (χ4v) is 2.70. The highest BCUT2D eigenvalue weighted by Crippen LogP contribution is 2.13. The van der Waals surface area contributed by atoms with Crippen LogP contribution < -0.4 is 0 Å². The van der Waals surface area contributed by atoms with Gasteiger partial charge in [-0.15, -0.1) is 0 Å². The lowest BCUT2D eigenvalue weighted by molar-refractivity contribution is 0.0634. The average Bonchev–Trinajstić information content (AvgIpc) is 2.52. The molecule has 1 amide bonds. The molecule has 0 saturated carbocycles. The molecule has 0 unspecified atom stereocenters. The maximum atomic E-state index is 12.4. The number of piperazine rings is 1. The molecule has 5 heteroatoms. The predicted molar refractivity (Wildman–Crippen MR) is 84.7 cm³/mol. The Balaban J connectivity index is 1.75. The second-order valence-electron chi connectivity index (χ2n) is 5.43. The van der Waals surface area contributed by atoms with Gasteiger partial charge in [0.05, 0.1) is 0 Å². The first kappa shape index (κ1) is 16.3. The molecule has 1 aromatic rings. The molecule has 1 fully saturated rings. The van der Waals surface area contributed by atoms with Crippen molar-refractivity contribution in [3.8, 4) is 0 Å². The summed E-state index contributed by atoms with van der Waals surface area (Å²) in [6, 6.07) is 7.08. The van der Waals surface area contributed by atoms with Crippen molar-refractivity contribution in [2.24, 2.45) is 0 Å². The van der Waals surface area contributed by atoms with Crippen molar-refractivity contribution in [2.45, 2.75) is 19.3 Å². The van der Waals surface area contributed by atoms with E-state index < -0.39 is 0 Å². The first-order chi connectivity index (χ1) is 10.2. The number of hydrogen-bond donors (Lipinski definition) is 1. The molecule has 21 heavy (non-hydrogen) atoms. The van der Waals surface area contributed by atoms with Crippen molar-refractivity contribution < 1.29 is 9.90 Å². The summed E-state index contributed by atoms with van der Waals surface area (Å²) >= 11 is 5.84. The minimum atomic E-state index is 0.0894. The molecule has 0 atom stereocenters.